The van der Waals surface area contributed by atoms with Crippen LogP contribution in [-0.2, 0) is 11.3 Å². The maximum atomic E-state index is 11.4. The quantitative estimate of drug-likeness (QED) is 0.626. The number of carbonyl (C=O) groups excluding carboxylic acids is 2. The number of nitro groups is 1. The van der Waals surface area contributed by atoms with E-state index < -0.39 is 16.9 Å². The number of amides is 3. The van der Waals surface area contributed by atoms with Crippen LogP contribution in [0.4, 0.5) is 10.5 Å². The number of nitrogens with zero attached hydrogens (tertiary/aromatic N) is 2. The Morgan fingerprint density at radius 1 is 1.37 bits per heavy atom. The summed E-state index contributed by atoms with van der Waals surface area (Å²) < 4.78 is 1.50. The molecule has 19 heavy (non-hydrogen) atoms. The van der Waals surface area contributed by atoms with Gasteiger partial charge in [0, 0.05) is 12.3 Å². The highest BCUT2D eigenvalue weighted by Gasteiger charge is 2.15. The van der Waals surface area contributed by atoms with Gasteiger partial charge in [-0.1, -0.05) is 6.07 Å². The molecular formula is C11H10N4O4. The van der Waals surface area contributed by atoms with Crippen LogP contribution in [0.15, 0.2) is 30.5 Å². The predicted molar refractivity (Wildman–Crippen MR) is 66.3 cm³/mol. The Morgan fingerprint density at radius 3 is 2.74 bits per heavy atom. The number of hydrogen-bond acceptors (Lipinski definition) is 4. The van der Waals surface area contributed by atoms with Crippen molar-refractivity contribution in [1.29, 1.82) is 0 Å². The Bertz CT molecular complexity index is 676. The first-order valence-corrected chi connectivity index (χ1v) is 5.30. The molecule has 3 N–H and O–H groups in total. The summed E-state index contributed by atoms with van der Waals surface area (Å²) in [5.74, 6) is -0.587. The van der Waals surface area contributed by atoms with Crippen molar-refractivity contribution < 1.29 is 14.5 Å². The van der Waals surface area contributed by atoms with Crippen LogP contribution >= 0.6 is 0 Å². The standard InChI is InChI=1S/C11H10N4O4/c12-11(17)13-10(16)6-14-5-4-7-8(14)2-1-3-9(7)15(18)19/h1-5H,6H2,(H3,12,13,16,17). The SMILES string of the molecule is NC(=O)NC(=O)Cn1ccc2c([N+](=O)[O-])cccc21. The van der Waals surface area contributed by atoms with Crippen molar-refractivity contribution in [2.75, 3.05) is 0 Å². The van der Waals surface area contributed by atoms with Gasteiger partial charge in [0.2, 0.25) is 5.91 Å². The van der Waals surface area contributed by atoms with Gasteiger partial charge in [-0.05, 0) is 12.1 Å². The van der Waals surface area contributed by atoms with Gasteiger partial charge >= 0.3 is 6.03 Å². The number of hydrogen-bond donors (Lipinski definition) is 2. The maximum Gasteiger partial charge on any atom is 0.318 e. The second-order valence-corrected chi connectivity index (χ2v) is 3.82. The van der Waals surface area contributed by atoms with E-state index in [-0.39, 0.29) is 12.2 Å². The van der Waals surface area contributed by atoms with E-state index >= 15 is 0 Å². The number of nitrogens with two attached hydrogens (primary N) is 1. The van der Waals surface area contributed by atoms with Crippen molar-refractivity contribution >= 4 is 28.5 Å². The minimum absolute atomic E-state index is 0.0356. The van der Waals surface area contributed by atoms with Gasteiger partial charge in [-0.3, -0.25) is 20.2 Å². The molecule has 1 aromatic heterocycles. The number of urea groups is 1. The number of primary amides is 1. The lowest BCUT2D eigenvalue weighted by Gasteiger charge is -2.04. The first-order chi connectivity index (χ1) is 8.99. The fourth-order valence-electron chi connectivity index (χ4n) is 1.84. The highest BCUT2D eigenvalue weighted by molar-refractivity contribution is 5.95. The largest absolute Gasteiger partial charge is 0.351 e. The van der Waals surface area contributed by atoms with Crippen LogP contribution in [0.1, 0.15) is 0 Å². The van der Waals surface area contributed by atoms with E-state index in [0.717, 1.165) is 0 Å². The summed E-state index contributed by atoms with van der Waals surface area (Å²) in [6.07, 6.45) is 1.54. The van der Waals surface area contributed by atoms with Crippen LogP contribution < -0.4 is 11.1 Å². The highest BCUT2D eigenvalue weighted by atomic mass is 16.6. The lowest BCUT2D eigenvalue weighted by Crippen LogP contribution is -2.37. The van der Waals surface area contributed by atoms with E-state index in [2.05, 4.69) is 0 Å². The van der Waals surface area contributed by atoms with Gasteiger partial charge in [-0.2, -0.15) is 0 Å². The number of aromatic nitrogens is 1. The van der Waals surface area contributed by atoms with Crippen LogP contribution in [0.5, 0.6) is 0 Å². The summed E-state index contributed by atoms with van der Waals surface area (Å²) in [5, 5.41) is 13.2. The number of nitro benzene ring substituents is 1. The zero-order valence-electron chi connectivity index (χ0n) is 9.70. The second-order valence-electron chi connectivity index (χ2n) is 3.82. The number of rotatable bonds is 3. The minimum atomic E-state index is -0.938. The molecule has 0 aliphatic carbocycles. The van der Waals surface area contributed by atoms with Gasteiger partial charge in [0.1, 0.15) is 6.54 Å². The van der Waals surface area contributed by atoms with Crippen LogP contribution in [-0.4, -0.2) is 21.4 Å². The molecule has 0 fully saturated rings. The number of nitrogens with one attached hydrogen (secondary N) is 1. The summed E-state index contributed by atoms with van der Waals surface area (Å²) >= 11 is 0. The van der Waals surface area contributed by atoms with Crippen LogP contribution in [0, 0.1) is 10.1 Å². The molecule has 2 rings (SSSR count). The molecule has 0 aliphatic heterocycles. The number of non-ortho nitro benzene ring substituents is 1. The van der Waals surface area contributed by atoms with Crippen LogP contribution in [0.2, 0.25) is 0 Å². The first kappa shape index (κ1) is 12.6. The van der Waals surface area contributed by atoms with E-state index in [1.54, 1.807) is 12.1 Å². The molecule has 2 aromatic rings. The Hall–Kier alpha value is -2.90. The third kappa shape index (κ3) is 2.51. The van der Waals surface area contributed by atoms with E-state index in [0.29, 0.717) is 10.9 Å². The normalized spacial score (nSPS) is 10.3. The molecule has 3 amide bonds. The molecule has 8 nitrogen and oxygen atoms in total. The highest BCUT2D eigenvalue weighted by Crippen LogP contribution is 2.26. The Kier molecular flexibility index (Phi) is 3.15. The molecule has 0 unspecified atom stereocenters. The lowest BCUT2D eigenvalue weighted by atomic mass is 10.2. The molecule has 0 spiro atoms. The second kappa shape index (κ2) is 4.77. The van der Waals surface area contributed by atoms with Crippen LogP contribution in [0.25, 0.3) is 10.9 Å². The van der Waals surface area contributed by atoms with E-state index in [1.165, 1.54) is 22.9 Å². The van der Waals surface area contributed by atoms with Gasteiger partial charge in [-0.15, -0.1) is 0 Å². The summed E-state index contributed by atoms with van der Waals surface area (Å²) in [6.45, 7) is -0.145. The Balaban J connectivity index is 2.36. The molecule has 0 saturated carbocycles. The zero-order chi connectivity index (χ0) is 14.0. The molecule has 0 radical (unpaired) electrons. The van der Waals surface area contributed by atoms with Gasteiger partial charge in [0.15, 0.2) is 0 Å². The number of imide groups is 1. The van der Waals surface area contributed by atoms with E-state index in [9.17, 15) is 19.7 Å². The smallest absolute Gasteiger partial charge is 0.318 e. The molecule has 0 saturated heterocycles. The Morgan fingerprint density at radius 2 is 2.11 bits per heavy atom. The average molecular weight is 262 g/mol. The van der Waals surface area contributed by atoms with Crippen molar-refractivity contribution in [3.63, 3.8) is 0 Å². The van der Waals surface area contributed by atoms with Gasteiger partial charge in [-0.25, -0.2) is 4.79 Å². The average Bonchev–Trinajstić information content (AvgIpc) is 2.71. The first-order valence-electron chi connectivity index (χ1n) is 5.30. The maximum absolute atomic E-state index is 11.4. The fourth-order valence-corrected chi connectivity index (χ4v) is 1.84. The van der Waals surface area contributed by atoms with E-state index in [1.807, 2.05) is 5.32 Å². The molecule has 98 valence electrons. The number of fused-ring (bicyclic) bond motifs is 1. The third-order valence-electron chi connectivity index (χ3n) is 2.56. The summed E-state index contributed by atoms with van der Waals surface area (Å²) in [7, 11) is 0. The summed E-state index contributed by atoms with van der Waals surface area (Å²) in [6, 6.07) is 5.18. The molecule has 1 heterocycles. The lowest BCUT2D eigenvalue weighted by molar-refractivity contribution is -0.383. The summed E-state index contributed by atoms with van der Waals surface area (Å²) in [5.41, 5.74) is 5.33. The third-order valence-corrected chi connectivity index (χ3v) is 2.56. The van der Waals surface area contributed by atoms with Crippen molar-refractivity contribution in [3.8, 4) is 0 Å². The number of carbonyl (C=O) groups is 2. The predicted octanol–water partition coefficient (Wildman–Crippen LogP) is 0.744. The minimum Gasteiger partial charge on any atom is -0.351 e. The topological polar surface area (TPSA) is 120 Å². The van der Waals surface area contributed by atoms with Gasteiger partial charge < -0.3 is 10.3 Å². The van der Waals surface area contributed by atoms with E-state index in [4.69, 9.17) is 5.73 Å². The molecule has 8 heteroatoms. The Labute approximate surface area is 106 Å². The summed E-state index contributed by atoms with van der Waals surface area (Å²) in [4.78, 5) is 32.3. The van der Waals surface area contributed by atoms with Gasteiger partial charge in [0.05, 0.1) is 15.8 Å². The fraction of sp³-hybridized carbons (Fsp3) is 0.0909. The monoisotopic (exact) mass is 262 g/mol. The van der Waals surface area contributed by atoms with Crippen molar-refractivity contribution in [2.45, 2.75) is 6.54 Å². The van der Waals surface area contributed by atoms with Crippen molar-refractivity contribution in [3.05, 3.63) is 40.6 Å². The molecule has 0 aliphatic rings. The zero-order valence-corrected chi connectivity index (χ0v) is 9.70. The van der Waals surface area contributed by atoms with Crippen molar-refractivity contribution in [2.24, 2.45) is 5.73 Å². The molecule has 0 atom stereocenters. The number of benzene rings is 1. The van der Waals surface area contributed by atoms with Gasteiger partial charge in [0.25, 0.3) is 5.69 Å². The van der Waals surface area contributed by atoms with Crippen LogP contribution in [0.3, 0.4) is 0 Å². The molecule has 0 bridgehead atoms. The molecular weight excluding hydrogens is 252 g/mol. The molecule has 1 aromatic carbocycles. The van der Waals surface area contributed by atoms with Crippen molar-refractivity contribution in [1.82, 2.24) is 9.88 Å².